The summed E-state index contributed by atoms with van der Waals surface area (Å²) in [6.45, 7) is 0.0216. The summed E-state index contributed by atoms with van der Waals surface area (Å²) in [6, 6.07) is 12.2. The van der Waals surface area contributed by atoms with Crippen LogP contribution in [0.4, 0.5) is 24.5 Å². The fraction of sp³-hybridized carbons (Fsp3) is 0.263. The fourth-order valence-electron chi connectivity index (χ4n) is 3.07. The topological polar surface area (TPSA) is 40.6 Å². The Morgan fingerprint density at radius 1 is 1.19 bits per heavy atom. The highest BCUT2D eigenvalue weighted by Crippen LogP contribution is 2.38. The van der Waals surface area contributed by atoms with Crippen LogP contribution in [0.25, 0.3) is 0 Å². The number of nitrogens with zero attached hydrogens (tertiary/aromatic N) is 2. The Morgan fingerprint density at radius 2 is 1.85 bits per heavy atom. The first kappa shape index (κ1) is 19.2. The summed E-state index contributed by atoms with van der Waals surface area (Å²) in [5.41, 5.74) is -0.251. The van der Waals surface area contributed by atoms with Crippen molar-refractivity contribution in [3.05, 3.63) is 59.1 Å². The molecule has 2 aromatic carbocycles. The van der Waals surface area contributed by atoms with Crippen LogP contribution in [0.2, 0.25) is 5.02 Å². The molecule has 0 N–H and O–H groups in total. The van der Waals surface area contributed by atoms with Crippen LogP contribution in [0.5, 0.6) is 0 Å². The van der Waals surface area contributed by atoms with Gasteiger partial charge in [0.05, 0.1) is 16.5 Å². The van der Waals surface area contributed by atoms with E-state index in [-0.39, 0.29) is 24.6 Å². The van der Waals surface area contributed by atoms with Crippen LogP contribution in [-0.4, -0.2) is 25.4 Å². The smallest absolute Gasteiger partial charge is 0.315 e. The van der Waals surface area contributed by atoms with Crippen molar-refractivity contribution in [1.29, 1.82) is 0 Å². The molecule has 8 heteroatoms. The Hall–Kier alpha value is -2.54. The molecule has 4 nitrogen and oxygen atoms in total. The van der Waals surface area contributed by atoms with E-state index >= 15 is 0 Å². The Kier molecular flexibility index (Phi) is 5.15. The van der Waals surface area contributed by atoms with Crippen molar-refractivity contribution in [2.75, 3.05) is 23.4 Å². The van der Waals surface area contributed by atoms with Crippen molar-refractivity contribution in [1.82, 2.24) is 0 Å². The van der Waals surface area contributed by atoms with E-state index in [4.69, 9.17) is 11.6 Å². The first-order chi connectivity index (χ1) is 12.7. The lowest BCUT2D eigenvalue weighted by molar-refractivity contribution is -0.137. The van der Waals surface area contributed by atoms with Gasteiger partial charge in [-0.3, -0.25) is 9.59 Å². The fourth-order valence-corrected chi connectivity index (χ4v) is 3.30. The minimum atomic E-state index is -4.63. The molecule has 0 bridgehead atoms. The predicted molar refractivity (Wildman–Crippen MR) is 96.8 cm³/mol. The van der Waals surface area contributed by atoms with Gasteiger partial charge >= 0.3 is 6.18 Å². The lowest BCUT2D eigenvalue weighted by Crippen LogP contribution is -2.34. The number of hydrogen-bond acceptors (Lipinski definition) is 2. The Morgan fingerprint density at radius 3 is 2.48 bits per heavy atom. The Bertz CT molecular complexity index is 871. The second-order valence-corrected chi connectivity index (χ2v) is 6.71. The normalized spacial score (nSPS) is 17.3. The molecule has 1 aliphatic rings. The number of carbonyl (C=O) groups is 2. The molecule has 2 aromatic rings. The molecule has 0 aromatic heterocycles. The van der Waals surface area contributed by atoms with Gasteiger partial charge in [0.2, 0.25) is 11.8 Å². The van der Waals surface area contributed by atoms with Crippen LogP contribution >= 0.6 is 11.6 Å². The summed E-state index contributed by atoms with van der Waals surface area (Å²) >= 11 is 5.63. The molecule has 1 saturated heterocycles. The second-order valence-electron chi connectivity index (χ2n) is 6.30. The molecule has 1 fully saturated rings. The van der Waals surface area contributed by atoms with Gasteiger partial charge in [0, 0.05) is 31.4 Å². The summed E-state index contributed by atoms with van der Waals surface area (Å²) < 4.78 is 39.2. The van der Waals surface area contributed by atoms with Crippen LogP contribution in [0, 0.1) is 5.92 Å². The van der Waals surface area contributed by atoms with Crippen molar-refractivity contribution in [2.45, 2.75) is 12.6 Å². The molecule has 1 heterocycles. The molecule has 0 radical (unpaired) electrons. The number of anilines is 2. The third kappa shape index (κ3) is 3.93. The molecular weight excluding hydrogens is 381 g/mol. The van der Waals surface area contributed by atoms with Gasteiger partial charge in [-0.2, -0.15) is 13.2 Å². The zero-order valence-corrected chi connectivity index (χ0v) is 15.1. The summed E-state index contributed by atoms with van der Waals surface area (Å²) in [4.78, 5) is 27.7. The van der Waals surface area contributed by atoms with E-state index in [1.54, 1.807) is 31.3 Å². The van der Waals surface area contributed by atoms with Crippen molar-refractivity contribution < 1.29 is 22.8 Å². The molecule has 0 spiro atoms. The van der Waals surface area contributed by atoms with E-state index in [9.17, 15) is 22.8 Å². The number of alkyl halides is 3. The van der Waals surface area contributed by atoms with E-state index < -0.39 is 28.6 Å². The lowest BCUT2D eigenvalue weighted by Gasteiger charge is -2.22. The number of benzene rings is 2. The van der Waals surface area contributed by atoms with Crippen LogP contribution < -0.4 is 9.80 Å². The maximum absolute atomic E-state index is 13.1. The average molecular weight is 397 g/mol. The monoisotopic (exact) mass is 396 g/mol. The zero-order chi connectivity index (χ0) is 19.8. The number of halogens is 4. The van der Waals surface area contributed by atoms with Gasteiger partial charge < -0.3 is 9.80 Å². The van der Waals surface area contributed by atoms with Gasteiger partial charge in [0.1, 0.15) is 0 Å². The molecule has 0 saturated carbocycles. The summed E-state index contributed by atoms with van der Waals surface area (Å²) in [7, 11) is 1.61. The maximum Gasteiger partial charge on any atom is 0.417 e. The predicted octanol–water partition coefficient (Wildman–Crippen LogP) is 4.37. The highest BCUT2D eigenvalue weighted by molar-refractivity contribution is 6.31. The van der Waals surface area contributed by atoms with Gasteiger partial charge in [0.15, 0.2) is 0 Å². The van der Waals surface area contributed by atoms with Crippen LogP contribution in [0.15, 0.2) is 48.5 Å². The number of carbonyl (C=O) groups excluding carboxylic acids is 2. The van der Waals surface area contributed by atoms with Gasteiger partial charge in [-0.15, -0.1) is 0 Å². The lowest BCUT2D eigenvalue weighted by atomic mass is 10.1. The second kappa shape index (κ2) is 7.23. The molecule has 1 unspecified atom stereocenters. The van der Waals surface area contributed by atoms with Crippen LogP contribution in [-0.2, 0) is 15.8 Å². The van der Waals surface area contributed by atoms with Crippen LogP contribution in [0.1, 0.15) is 12.0 Å². The van der Waals surface area contributed by atoms with Gasteiger partial charge in [-0.25, -0.2) is 0 Å². The molecular formula is C19H16ClF3N2O2. The van der Waals surface area contributed by atoms with Gasteiger partial charge in [-0.1, -0.05) is 29.8 Å². The molecule has 3 rings (SSSR count). The highest BCUT2D eigenvalue weighted by atomic mass is 35.5. The molecule has 142 valence electrons. The van der Waals surface area contributed by atoms with Crippen molar-refractivity contribution in [3.63, 3.8) is 0 Å². The summed E-state index contributed by atoms with van der Waals surface area (Å²) in [5, 5.41) is -0.436. The van der Waals surface area contributed by atoms with E-state index in [1.165, 1.54) is 15.9 Å². The van der Waals surface area contributed by atoms with E-state index in [1.807, 2.05) is 6.07 Å². The van der Waals surface area contributed by atoms with Gasteiger partial charge in [0.25, 0.3) is 0 Å². The highest BCUT2D eigenvalue weighted by Gasteiger charge is 2.39. The molecule has 2 amide bonds. The summed E-state index contributed by atoms with van der Waals surface area (Å²) in [6.07, 6.45) is -4.68. The molecule has 1 aliphatic heterocycles. The maximum atomic E-state index is 13.1. The minimum absolute atomic E-state index is 0.0216. The summed E-state index contributed by atoms with van der Waals surface area (Å²) in [5.74, 6) is -1.29. The number of para-hydroxylation sites is 1. The van der Waals surface area contributed by atoms with Gasteiger partial charge in [-0.05, 0) is 30.3 Å². The standard InChI is InChI=1S/C19H16ClF3N2O2/c1-24(13-5-3-2-4-6-13)18(27)12-9-17(26)25(11-12)14-7-8-16(20)15(10-14)19(21,22)23/h2-8,10,12H,9,11H2,1H3. The molecule has 1 atom stereocenters. The van der Waals surface area contributed by atoms with Crippen molar-refractivity contribution in [3.8, 4) is 0 Å². The first-order valence-electron chi connectivity index (χ1n) is 8.18. The Labute approximate surface area is 159 Å². The first-order valence-corrected chi connectivity index (χ1v) is 8.56. The molecule has 0 aliphatic carbocycles. The van der Waals surface area contributed by atoms with Crippen molar-refractivity contribution >= 4 is 34.8 Å². The molecule has 27 heavy (non-hydrogen) atoms. The zero-order valence-electron chi connectivity index (χ0n) is 14.3. The number of hydrogen-bond donors (Lipinski definition) is 0. The quantitative estimate of drug-likeness (QED) is 0.772. The van der Waals surface area contributed by atoms with E-state index in [2.05, 4.69) is 0 Å². The minimum Gasteiger partial charge on any atom is -0.315 e. The average Bonchev–Trinajstić information content (AvgIpc) is 3.02. The van der Waals surface area contributed by atoms with E-state index in [0.29, 0.717) is 5.69 Å². The third-order valence-electron chi connectivity index (χ3n) is 4.52. The third-order valence-corrected chi connectivity index (χ3v) is 4.84. The Balaban J connectivity index is 1.81. The number of rotatable bonds is 3. The van der Waals surface area contributed by atoms with Crippen LogP contribution in [0.3, 0.4) is 0 Å². The SMILES string of the molecule is CN(C(=O)C1CC(=O)N(c2ccc(Cl)c(C(F)(F)F)c2)C1)c1ccccc1. The largest absolute Gasteiger partial charge is 0.417 e. The van der Waals surface area contributed by atoms with Crippen molar-refractivity contribution in [2.24, 2.45) is 5.92 Å². The number of amides is 2. The van der Waals surface area contributed by atoms with E-state index in [0.717, 1.165) is 12.1 Å².